The van der Waals surface area contributed by atoms with Gasteiger partial charge in [0.1, 0.15) is 67.8 Å². The van der Waals surface area contributed by atoms with E-state index < -0.39 is 69.2 Å². The molecule has 0 spiro atoms. The molecular formula is C66H71F6N2O11P. The van der Waals surface area contributed by atoms with E-state index in [2.05, 4.69) is 28.8 Å². The molecule has 1 aromatic heterocycles. The summed E-state index contributed by atoms with van der Waals surface area (Å²) in [5, 5.41) is 12.9. The van der Waals surface area contributed by atoms with Gasteiger partial charge in [0, 0.05) is 0 Å². The summed E-state index contributed by atoms with van der Waals surface area (Å²) in [5.41, 5.74) is 7.84. The van der Waals surface area contributed by atoms with Gasteiger partial charge in [-0.3, -0.25) is 0 Å². The van der Waals surface area contributed by atoms with Crippen molar-refractivity contribution in [1.29, 1.82) is 0 Å². The van der Waals surface area contributed by atoms with Crippen molar-refractivity contribution in [1.82, 2.24) is 4.57 Å². The Morgan fingerprint density at radius 3 is 1.13 bits per heavy atom. The minimum absolute atomic E-state index is 0.0869. The van der Waals surface area contributed by atoms with Gasteiger partial charge >= 0.3 is 33.0 Å². The third-order valence-electron chi connectivity index (χ3n) is 14.1. The Labute approximate surface area is 496 Å². The summed E-state index contributed by atoms with van der Waals surface area (Å²) in [4.78, 5) is 0. The first kappa shape index (κ1) is 63.8. The molecule has 1 N–H and O–H groups in total. The van der Waals surface area contributed by atoms with E-state index in [0.717, 1.165) is 51.1 Å². The number of imidazole rings is 1. The molecule has 0 saturated carbocycles. The molecule has 0 bridgehead atoms. The van der Waals surface area contributed by atoms with Gasteiger partial charge in [-0.2, -0.15) is 0 Å². The molecule has 20 heteroatoms. The van der Waals surface area contributed by atoms with Crippen molar-refractivity contribution in [2.45, 2.75) is 114 Å². The van der Waals surface area contributed by atoms with Crippen LogP contribution in [0.1, 0.15) is 44.5 Å². The fraction of sp³-hybridized carbons (Fsp3) is 0.318. The van der Waals surface area contributed by atoms with Crippen LogP contribution in [0.3, 0.4) is 0 Å². The van der Waals surface area contributed by atoms with Gasteiger partial charge in [-0.05, 0) is 44.5 Å². The molecule has 86 heavy (non-hydrogen) atoms. The Bertz CT molecular complexity index is 3210. The minimum atomic E-state index is -10.7. The van der Waals surface area contributed by atoms with Crippen LogP contribution < -0.4 is 4.57 Å². The number of halogens is 6. The van der Waals surface area contributed by atoms with E-state index >= 15 is 0 Å². The molecule has 0 unspecified atom stereocenters. The third kappa shape index (κ3) is 21.3. The summed E-state index contributed by atoms with van der Waals surface area (Å²) in [7, 11) is -8.65. The van der Waals surface area contributed by atoms with Crippen LogP contribution in [0.25, 0.3) is 0 Å². The van der Waals surface area contributed by atoms with Crippen LogP contribution in [0.5, 0.6) is 0 Å². The fourth-order valence-electron chi connectivity index (χ4n) is 9.90. The van der Waals surface area contributed by atoms with Gasteiger partial charge in [0.15, 0.2) is 12.6 Å². The monoisotopic (exact) mass is 1210 g/mol. The van der Waals surface area contributed by atoms with E-state index in [1.165, 1.54) is 0 Å². The van der Waals surface area contributed by atoms with Crippen LogP contribution >= 0.6 is 7.81 Å². The fourth-order valence-corrected chi connectivity index (χ4v) is 9.90. The zero-order chi connectivity index (χ0) is 60.3. The number of aryl methyl sites for hydroxylation is 1. The first-order valence-electron chi connectivity index (χ1n) is 28.2. The van der Waals surface area contributed by atoms with E-state index in [4.69, 9.17) is 47.4 Å². The predicted molar refractivity (Wildman–Crippen MR) is 310 cm³/mol. The second kappa shape index (κ2) is 29.8. The van der Waals surface area contributed by atoms with Crippen LogP contribution in [-0.2, 0) is 107 Å². The van der Waals surface area contributed by atoms with Gasteiger partial charge < -0.3 is 52.5 Å². The van der Waals surface area contributed by atoms with Crippen LogP contribution in [0.4, 0.5) is 25.2 Å². The van der Waals surface area contributed by atoms with Gasteiger partial charge in [-0.15, -0.1) is 0 Å². The van der Waals surface area contributed by atoms with Crippen molar-refractivity contribution in [3.8, 4) is 0 Å². The number of rotatable bonds is 27. The summed E-state index contributed by atoms with van der Waals surface area (Å²) < 4.78 is 132. The average Bonchev–Trinajstić information content (AvgIpc) is 1.26. The molecule has 8 aromatic rings. The number of benzene rings is 7. The molecule has 0 amide bonds. The zero-order valence-electron chi connectivity index (χ0n) is 47.3. The van der Waals surface area contributed by atoms with E-state index in [1.807, 2.05) is 212 Å². The van der Waals surface area contributed by atoms with Crippen molar-refractivity contribution >= 4 is 7.81 Å². The number of aromatic nitrogens is 2. The van der Waals surface area contributed by atoms with Crippen molar-refractivity contribution in [2.24, 2.45) is 7.05 Å². The summed E-state index contributed by atoms with van der Waals surface area (Å²) >= 11 is 0. The van der Waals surface area contributed by atoms with Crippen molar-refractivity contribution in [2.75, 3.05) is 13.2 Å². The molecule has 10 rings (SSSR count). The third-order valence-corrected chi connectivity index (χ3v) is 14.1. The van der Waals surface area contributed by atoms with Gasteiger partial charge in [0.05, 0.1) is 66.5 Å². The molecule has 7 aromatic carbocycles. The average molecular weight is 1210 g/mol. The van der Waals surface area contributed by atoms with Gasteiger partial charge in [0.25, 0.3) is 0 Å². The molecule has 458 valence electrons. The Morgan fingerprint density at radius 1 is 0.407 bits per heavy atom. The number of aliphatic hydroxyl groups excluding tert-OH is 1. The van der Waals surface area contributed by atoms with Gasteiger partial charge in [0.2, 0.25) is 6.33 Å². The molecule has 3 heterocycles. The second-order valence-corrected chi connectivity index (χ2v) is 23.0. The first-order valence-corrected chi connectivity index (χ1v) is 30.2. The normalized spacial score (nSPS) is 23.1. The van der Waals surface area contributed by atoms with E-state index in [1.54, 1.807) is 0 Å². The van der Waals surface area contributed by atoms with Crippen molar-refractivity contribution in [3.05, 3.63) is 269 Å². The molecule has 13 nitrogen and oxygen atoms in total. The first-order chi connectivity index (χ1) is 41.4. The maximum atomic E-state index is 12.9. The van der Waals surface area contributed by atoms with Crippen LogP contribution in [0, 0.1) is 0 Å². The zero-order valence-corrected chi connectivity index (χ0v) is 48.2. The number of ether oxygens (including phenoxy) is 10. The Morgan fingerprint density at radius 2 is 0.733 bits per heavy atom. The molecule has 2 saturated heterocycles. The SMILES string of the molecule is C[n+]1ccn(Cc2ccc(CO[C@H]3O[C@H](COCc4ccccc4)[C@@H](OCc4ccccc4)[C@H](OCc4ccccc4)[C@@H]3O[C@H]3O[C@H](COCc4ccccc4)[C@@H](OCc4ccccc4)[C@H](OCc4ccccc4)[C@@H]3O)cc2)c1.F[P-](F)(F)(F)(F)F. The Balaban J connectivity index is 0.00000119. The van der Waals surface area contributed by atoms with Gasteiger partial charge in [-0.1, -0.05) is 206 Å². The van der Waals surface area contributed by atoms with Crippen molar-refractivity contribution < 1.29 is 82.2 Å². The van der Waals surface area contributed by atoms with Gasteiger partial charge in [-0.25, -0.2) is 9.13 Å². The van der Waals surface area contributed by atoms with E-state index in [-0.39, 0.29) is 46.2 Å². The molecule has 2 fully saturated rings. The topological polar surface area (TPSA) is 121 Å². The van der Waals surface area contributed by atoms with Crippen molar-refractivity contribution in [3.63, 3.8) is 0 Å². The molecule has 2 aliphatic rings. The molecule has 0 radical (unpaired) electrons. The number of hydrogen-bond acceptors (Lipinski definition) is 11. The number of hydrogen-bond donors (Lipinski definition) is 1. The van der Waals surface area contributed by atoms with E-state index in [9.17, 15) is 30.3 Å². The maximum absolute atomic E-state index is 12.9. The van der Waals surface area contributed by atoms with Crippen LogP contribution in [0.2, 0.25) is 0 Å². The summed E-state index contributed by atoms with van der Waals surface area (Å²) in [6, 6.07) is 68.0. The Kier molecular flexibility index (Phi) is 22.1. The molecule has 2 aliphatic heterocycles. The molecule has 0 aliphatic carbocycles. The number of nitrogens with zero attached hydrogens (tertiary/aromatic N) is 2. The second-order valence-electron chi connectivity index (χ2n) is 21.1. The molecular weight excluding hydrogens is 1140 g/mol. The Hall–Kier alpha value is -6.68. The number of aliphatic hydroxyl groups is 1. The van der Waals surface area contributed by atoms with Crippen LogP contribution in [-0.4, -0.2) is 84.3 Å². The predicted octanol–water partition coefficient (Wildman–Crippen LogP) is 13.2. The molecule has 10 atom stereocenters. The summed E-state index contributed by atoms with van der Waals surface area (Å²) in [6.45, 7) is 2.61. The summed E-state index contributed by atoms with van der Waals surface area (Å²) in [6.07, 6.45) is -3.68. The van der Waals surface area contributed by atoms with Crippen LogP contribution in [0.15, 0.2) is 225 Å². The standard InChI is InChI=1S/C66H71N2O11.F6P/c1-67-36-37-68(48-67)38-49-32-34-56(35-33-49)45-76-66-64(63(75-44-55-30-18-7-19-31-55)61(73-42-53-26-14-5-15-27-53)58(78-66)47-71-40-51-22-10-3-11-23-51)79-65-59(69)62(74-43-54-28-16-6-17-29-54)60(72-41-52-24-12-4-13-25-52)57(77-65)46-70-39-50-20-8-2-9-21-50;1-7(2,3,4,5)6/h2-37,48,57-66,69H,38-47H2,1H3;/q+1;-1/t57-,58-,59+,60-,61-,62-,63+,64+,65-,66+;/m1./s1. The quantitative estimate of drug-likeness (QED) is 0.0301. The van der Waals surface area contributed by atoms with E-state index in [0.29, 0.717) is 13.2 Å². The summed E-state index contributed by atoms with van der Waals surface area (Å²) in [5.74, 6) is 0.